The molecule has 1 N–H and O–H groups in total. The van der Waals surface area contributed by atoms with Crippen LogP contribution in [0.2, 0.25) is 15.1 Å². The van der Waals surface area contributed by atoms with E-state index in [0.717, 1.165) is 0 Å². The van der Waals surface area contributed by atoms with E-state index >= 15 is 0 Å². The fraction of sp³-hybridized carbons (Fsp3) is 0.133. The highest BCUT2D eigenvalue weighted by Crippen LogP contribution is 2.34. The first-order chi connectivity index (χ1) is 9.93. The van der Waals surface area contributed by atoms with E-state index in [9.17, 15) is 4.39 Å². The maximum Gasteiger partial charge on any atom is 0.142 e. The van der Waals surface area contributed by atoms with Gasteiger partial charge in [0.15, 0.2) is 0 Å². The van der Waals surface area contributed by atoms with Crippen molar-refractivity contribution < 1.29 is 4.39 Å². The van der Waals surface area contributed by atoms with Crippen molar-refractivity contribution in [1.82, 2.24) is 0 Å². The molecule has 0 amide bonds. The molecular formula is C15H10Cl3FN2. The summed E-state index contributed by atoms with van der Waals surface area (Å²) >= 11 is 17.9. The predicted octanol–water partition coefficient (Wildman–Crippen LogP) is 5.83. The lowest BCUT2D eigenvalue weighted by Crippen LogP contribution is -2.09. The molecule has 0 aliphatic carbocycles. The fourth-order valence-electron chi connectivity index (χ4n) is 1.96. The Morgan fingerprint density at radius 2 is 1.81 bits per heavy atom. The van der Waals surface area contributed by atoms with Gasteiger partial charge in [0.25, 0.3) is 0 Å². The van der Waals surface area contributed by atoms with E-state index in [0.29, 0.717) is 26.9 Å². The van der Waals surface area contributed by atoms with Crippen molar-refractivity contribution in [2.45, 2.75) is 13.0 Å². The van der Waals surface area contributed by atoms with E-state index in [1.54, 1.807) is 25.1 Å². The zero-order chi connectivity index (χ0) is 15.6. The van der Waals surface area contributed by atoms with Gasteiger partial charge in [-0.15, -0.1) is 0 Å². The normalized spacial score (nSPS) is 11.8. The van der Waals surface area contributed by atoms with Crippen LogP contribution in [0.5, 0.6) is 0 Å². The van der Waals surface area contributed by atoms with Crippen molar-refractivity contribution in [3.05, 3.63) is 62.3 Å². The molecule has 0 bridgehead atoms. The summed E-state index contributed by atoms with van der Waals surface area (Å²) in [7, 11) is 0. The molecule has 2 aromatic rings. The van der Waals surface area contributed by atoms with Crippen LogP contribution < -0.4 is 5.32 Å². The molecule has 1 unspecified atom stereocenters. The minimum atomic E-state index is -0.529. The van der Waals surface area contributed by atoms with Crippen LogP contribution in [0.15, 0.2) is 30.3 Å². The maximum absolute atomic E-state index is 13.6. The number of nitriles is 1. The van der Waals surface area contributed by atoms with Crippen LogP contribution in [0, 0.1) is 17.1 Å². The zero-order valence-electron chi connectivity index (χ0n) is 10.9. The number of halogens is 4. The highest BCUT2D eigenvalue weighted by molar-refractivity contribution is 6.36. The largest absolute Gasteiger partial charge is 0.378 e. The first-order valence-corrected chi connectivity index (χ1v) is 7.17. The molecule has 0 heterocycles. The van der Waals surface area contributed by atoms with Crippen LogP contribution in [0.3, 0.4) is 0 Å². The van der Waals surface area contributed by atoms with Gasteiger partial charge in [0.2, 0.25) is 0 Å². The molecule has 0 aromatic heterocycles. The summed E-state index contributed by atoms with van der Waals surface area (Å²) in [6, 6.07) is 9.28. The smallest absolute Gasteiger partial charge is 0.142 e. The summed E-state index contributed by atoms with van der Waals surface area (Å²) < 4.78 is 13.6. The zero-order valence-corrected chi connectivity index (χ0v) is 13.2. The van der Waals surface area contributed by atoms with Gasteiger partial charge in [0, 0.05) is 16.3 Å². The molecule has 6 heteroatoms. The molecule has 0 saturated carbocycles. The molecule has 0 radical (unpaired) electrons. The Balaban J connectivity index is 2.33. The highest BCUT2D eigenvalue weighted by atomic mass is 35.5. The molecule has 21 heavy (non-hydrogen) atoms. The van der Waals surface area contributed by atoms with Crippen molar-refractivity contribution in [2.24, 2.45) is 0 Å². The minimum Gasteiger partial charge on any atom is -0.378 e. The van der Waals surface area contributed by atoms with Crippen LogP contribution in [-0.4, -0.2) is 0 Å². The average Bonchev–Trinajstić information content (AvgIpc) is 2.45. The summed E-state index contributed by atoms with van der Waals surface area (Å²) in [5.41, 5.74) is 1.48. The lowest BCUT2D eigenvalue weighted by molar-refractivity contribution is 0.624. The highest BCUT2D eigenvalue weighted by Gasteiger charge is 2.17. The lowest BCUT2D eigenvalue weighted by atomic mass is 10.1. The van der Waals surface area contributed by atoms with Crippen LogP contribution in [-0.2, 0) is 0 Å². The summed E-state index contributed by atoms with van der Waals surface area (Å²) in [5, 5.41) is 12.8. The first-order valence-electron chi connectivity index (χ1n) is 6.03. The van der Waals surface area contributed by atoms with Crippen LogP contribution in [0.25, 0.3) is 0 Å². The maximum atomic E-state index is 13.6. The van der Waals surface area contributed by atoms with E-state index < -0.39 is 5.82 Å². The third kappa shape index (κ3) is 3.41. The number of rotatable bonds is 3. The van der Waals surface area contributed by atoms with Gasteiger partial charge < -0.3 is 5.32 Å². The molecule has 2 aromatic carbocycles. The number of hydrogen-bond acceptors (Lipinski definition) is 2. The third-order valence-corrected chi connectivity index (χ3v) is 4.03. The van der Waals surface area contributed by atoms with Gasteiger partial charge in [-0.05, 0) is 37.3 Å². The van der Waals surface area contributed by atoms with E-state index in [4.69, 9.17) is 40.1 Å². The topological polar surface area (TPSA) is 35.8 Å². The summed E-state index contributed by atoms with van der Waals surface area (Å²) in [6.07, 6.45) is 0. The van der Waals surface area contributed by atoms with Crippen LogP contribution in [0.4, 0.5) is 10.1 Å². The second kappa shape index (κ2) is 6.53. The van der Waals surface area contributed by atoms with Crippen molar-refractivity contribution in [3.63, 3.8) is 0 Å². The van der Waals surface area contributed by atoms with Gasteiger partial charge in [-0.1, -0.05) is 34.8 Å². The van der Waals surface area contributed by atoms with Gasteiger partial charge in [-0.25, -0.2) is 4.39 Å². The standard InChI is InChI=1S/C15H10Cl3FN2/c1-8(14-12(17)4-5-13(19)15(14)18)21-10-2-3-11(16)9(6-10)7-20/h2-6,8,21H,1H3. The first kappa shape index (κ1) is 15.9. The van der Waals surface area contributed by atoms with E-state index in [1.807, 2.05) is 6.07 Å². The molecule has 2 nitrogen and oxygen atoms in total. The Morgan fingerprint density at radius 3 is 2.48 bits per heavy atom. The minimum absolute atomic E-state index is 0.0167. The van der Waals surface area contributed by atoms with Gasteiger partial charge in [0.05, 0.1) is 21.7 Å². The second-order valence-electron chi connectivity index (χ2n) is 4.43. The Bertz CT molecular complexity index is 726. The number of nitrogens with one attached hydrogen (secondary N) is 1. The number of anilines is 1. The van der Waals surface area contributed by atoms with Crippen molar-refractivity contribution in [2.75, 3.05) is 5.32 Å². The van der Waals surface area contributed by atoms with Crippen LogP contribution in [0.1, 0.15) is 24.1 Å². The SMILES string of the molecule is CC(Nc1ccc(Cl)c(C#N)c1)c1c(Cl)ccc(F)c1Cl. The Morgan fingerprint density at radius 1 is 1.14 bits per heavy atom. The molecule has 108 valence electrons. The second-order valence-corrected chi connectivity index (χ2v) is 5.62. The summed E-state index contributed by atoms with van der Waals surface area (Å²) in [6.45, 7) is 1.80. The number of hydrogen-bond donors (Lipinski definition) is 1. The van der Waals surface area contributed by atoms with Crippen molar-refractivity contribution in [1.29, 1.82) is 5.26 Å². The molecule has 0 aliphatic heterocycles. The predicted molar refractivity (Wildman–Crippen MR) is 84.6 cm³/mol. The molecule has 2 rings (SSSR count). The Hall–Kier alpha value is -1.47. The molecule has 1 atom stereocenters. The van der Waals surface area contributed by atoms with Gasteiger partial charge in [0.1, 0.15) is 11.9 Å². The van der Waals surface area contributed by atoms with Crippen LogP contribution >= 0.6 is 34.8 Å². The quantitative estimate of drug-likeness (QED) is 0.712. The monoisotopic (exact) mass is 342 g/mol. The molecular weight excluding hydrogens is 334 g/mol. The number of benzene rings is 2. The lowest BCUT2D eigenvalue weighted by Gasteiger charge is -2.19. The third-order valence-electron chi connectivity index (χ3n) is 2.98. The molecule has 0 spiro atoms. The molecule has 0 saturated heterocycles. The Labute approximate surface area is 137 Å². The van der Waals surface area contributed by atoms with Gasteiger partial charge >= 0.3 is 0 Å². The summed E-state index contributed by atoms with van der Waals surface area (Å²) in [4.78, 5) is 0. The average molecular weight is 344 g/mol. The number of nitrogens with zero attached hydrogens (tertiary/aromatic N) is 1. The van der Waals surface area contributed by atoms with E-state index in [-0.39, 0.29) is 11.1 Å². The molecule has 0 fully saturated rings. The van der Waals surface area contributed by atoms with Crippen molar-refractivity contribution >= 4 is 40.5 Å². The summed E-state index contributed by atoms with van der Waals surface area (Å²) in [5.74, 6) is -0.529. The van der Waals surface area contributed by atoms with Gasteiger partial charge in [-0.3, -0.25) is 0 Å². The van der Waals surface area contributed by atoms with E-state index in [1.165, 1.54) is 12.1 Å². The van der Waals surface area contributed by atoms with Crippen molar-refractivity contribution in [3.8, 4) is 6.07 Å². The Kier molecular flexibility index (Phi) is 4.95. The van der Waals surface area contributed by atoms with Gasteiger partial charge in [-0.2, -0.15) is 5.26 Å². The molecule has 0 aliphatic rings. The fourth-order valence-corrected chi connectivity index (χ4v) is 2.82. The van der Waals surface area contributed by atoms with E-state index in [2.05, 4.69) is 5.32 Å².